The van der Waals surface area contributed by atoms with Gasteiger partial charge in [-0.05, 0) is 36.8 Å². The number of furan rings is 1. The van der Waals surface area contributed by atoms with Crippen molar-refractivity contribution in [1.82, 2.24) is 10.6 Å². The molecular formula is C16H18N2O5. The minimum absolute atomic E-state index is 0.0245. The van der Waals surface area contributed by atoms with E-state index in [1.807, 2.05) is 0 Å². The fourth-order valence-corrected chi connectivity index (χ4v) is 1.93. The number of aryl methyl sites for hydroxylation is 1. The zero-order valence-electron chi connectivity index (χ0n) is 12.6. The predicted octanol–water partition coefficient (Wildman–Crippen LogP) is 1.82. The Morgan fingerprint density at radius 2 is 1.83 bits per heavy atom. The van der Waals surface area contributed by atoms with Crippen LogP contribution in [-0.4, -0.2) is 28.8 Å². The molecule has 1 atom stereocenters. The van der Waals surface area contributed by atoms with Crippen LogP contribution in [0.3, 0.4) is 0 Å². The number of hydrogen-bond acceptors (Lipinski definition) is 4. The number of carboxylic acid groups (broad SMARTS) is 1. The van der Waals surface area contributed by atoms with E-state index in [1.165, 1.54) is 12.1 Å². The molecule has 122 valence electrons. The number of rotatable bonds is 6. The van der Waals surface area contributed by atoms with E-state index in [2.05, 4.69) is 10.6 Å². The highest BCUT2D eigenvalue weighted by Gasteiger charge is 2.12. The Labute approximate surface area is 132 Å². The Bertz CT molecular complexity index is 678. The number of amides is 2. The molecule has 0 aliphatic carbocycles. The molecule has 1 aromatic carbocycles. The first-order valence-corrected chi connectivity index (χ1v) is 7.04. The van der Waals surface area contributed by atoms with Crippen molar-refractivity contribution in [3.63, 3.8) is 0 Å². The van der Waals surface area contributed by atoms with Crippen molar-refractivity contribution in [2.45, 2.75) is 19.6 Å². The van der Waals surface area contributed by atoms with Gasteiger partial charge in [-0.3, -0.25) is 0 Å². The number of aliphatic hydroxyl groups excluding tert-OH is 1. The van der Waals surface area contributed by atoms with Crippen LogP contribution in [0.15, 0.2) is 40.8 Å². The van der Waals surface area contributed by atoms with E-state index >= 15 is 0 Å². The molecule has 0 saturated carbocycles. The minimum atomic E-state index is -0.996. The summed E-state index contributed by atoms with van der Waals surface area (Å²) in [6.07, 6.45) is -0.913. The third kappa shape index (κ3) is 4.86. The topological polar surface area (TPSA) is 112 Å². The first kappa shape index (κ1) is 16.6. The maximum Gasteiger partial charge on any atom is 0.335 e. The number of nitrogens with one attached hydrogen (secondary N) is 2. The molecule has 7 nitrogen and oxygen atoms in total. The molecule has 0 spiro atoms. The molecule has 2 aromatic rings. The van der Waals surface area contributed by atoms with E-state index in [0.717, 1.165) is 5.56 Å². The van der Waals surface area contributed by atoms with Crippen molar-refractivity contribution in [3.05, 3.63) is 59.0 Å². The van der Waals surface area contributed by atoms with Crippen LogP contribution in [0, 0.1) is 6.92 Å². The van der Waals surface area contributed by atoms with Gasteiger partial charge in [0.1, 0.15) is 17.6 Å². The molecule has 7 heteroatoms. The monoisotopic (exact) mass is 318 g/mol. The number of benzene rings is 1. The summed E-state index contributed by atoms with van der Waals surface area (Å²) >= 11 is 0. The number of aliphatic hydroxyl groups is 1. The van der Waals surface area contributed by atoms with Crippen molar-refractivity contribution in [2.24, 2.45) is 0 Å². The first-order valence-electron chi connectivity index (χ1n) is 7.04. The van der Waals surface area contributed by atoms with E-state index in [0.29, 0.717) is 11.5 Å². The number of aromatic carboxylic acids is 1. The quantitative estimate of drug-likeness (QED) is 0.649. The van der Waals surface area contributed by atoms with Crippen molar-refractivity contribution >= 4 is 12.0 Å². The first-order chi connectivity index (χ1) is 11.0. The number of hydrogen-bond donors (Lipinski definition) is 4. The summed E-state index contributed by atoms with van der Waals surface area (Å²) in [5.41, 5.74) is 0.961. The van der Waals surface area contributed by atoms with Gasteiger partial charge in [-0.2, -0.15) is 0 Å². The third-order valence-corrected chi connectivity index (χ3v) is 3.20. The second-order valence-electron chi connectivity index (χ2n) is 5.03. The normalized spacial score (nSPS) is 11.7. The van der Waals surface area contributed by atoms with E-state index in [9.17, 15) is 14.7 Å². The summed E-state index contributed by atoms with van der Waals surface area (Å²) in [7, 11) is 0. The Kier molecular flexibility index (Phi) is 5.37. The van der Waals surface area contributed by atoms with Gasteiger partial charge in [-0.15, -0.1) is 0 Å². The summed E-state index contributed by atoms with van der Waals surface area (Å²) in [6.45, 7) is 2.05. The van der Waals surface area contributed by atoms with Gasteiger partial charge in [-0.1, -0.05) is 12.1 Å². The maximum absolute atomic E-state index is 11.7. The van der Waals surface area contributed by atoms with Gasteiger partial charge in [0.2, 0.25) is 0 Å². The van der Waals surface area contributed by atoms with Gasteiger partial charge < -0.3 is 25.3 Å². The molecule has 0 aliphatic heterocycles. The zero-order valence-corrected chi connectivity index (χ0v) is 12.6. The van der Waals surface area contributed by atoms with E-state index in [4.69, 9.17) is 9.52 Å². The SMILES string of the molecule is Cc1ccc(C(O)CNC(=O)NCc2ccc(C(=O)O)cc2)o1. The average Bonchev–Trinajstić information content (AvgIpc) is 2.97. The van der Waals surface area contributed by atoms with E-state index < -0.39 is 18.1 Å². The highest BCUT2D eigenvalue weighted by Crippen LogP contribution is 2.14. The van der Waals surface area contributed by atoms with Crippen molar-refractivity contribution < 1.29 is 24.2 Å². The number of carbonyl (C=O) groups is 2. The second-order valence-corrected chi connectivity index (χ2v) is 5.03. The van der Waals surface area contributed by atoms with Gasteiger partial charge in [-0.25, -0.2) is 9.59 Å². The molecule has 0 aliphatic rings. The van der Waals surface area contributed by atoms with Crippen LogP contribution < -0.4 is 10.6 Å². The molecule has 0 bridgehead atoms. The third-order valence-electron chi connectivity index (χ3n) is 3.20. The minimum Gasteiger partial charge on any atom is -0.478 e. The lowest BCUT2D eigenvalue weighted by Gasteiger charge is -2.11. The van der Waals surface area contributed by atoms with Crippen LogP contribution in [0.2, 0.25) is 0 Å². The van der Waals surface area contributed by atoms with Crippen LogP contribution in [0.25, 0.3) is 0 Å². The highest BCUT2D eigenvalue weighted by atomic mass is 16.4. The summed E-state index contributed by atoms with van der Waals surface area (Å²) in [5, 5.41) is 23.8. The fraction of sp³-hybridized carbons (Fsp3) is 0.250. The smallest absolute Gasteiger partial charge is 0.335 e. The van der Waals surface area contributed by atoms with Gasteiger partial charge in [0.25, 0.3) is 0 Å². The average molecular weight is 318 g/mol. The molecule has 0 radical (unpaired) electrons. The Morgan fingerprint density at radius 1 is 1.13 bits per heavy atom. The highest BCUT2D eigenvalue weighted by molar-refractivity contribution is 5.87. The molecule has 1 aromatic heterocycles. The van der Waals surface area contributed by atoms with Crippen LogP contribution >= 0.6 is 0 Å². The standard InChI is InChI=1S/C16H18N2O5/c1-10-2-7-14(23-10)13(19)9-18-16(22)17-8-11-3-5-12(6-4-11)15(20)21/h2-7,13,19H,8-9H2,1H3,(H,20,21)(H2,17,18,22). The van der Waals surface area contributed by atoms with Gasteiger partial charge in [0.05, 0.1) is 12.1 Å². The molecule has 2 rings (SSSR count). The number of carbonyl (C=O) groups excluding carboxylic acids is 1. The summed E-state index contributed by atoms with van der Waals surface area (Å²) in [5.74, 6) is 0.0878. The largest absolute Gasteiger partial charge is 0.478 e. The van der Waals surface area contributed by atoms with Crippen LogP contribution in [-0.2, 0) is 6.54 Å². The molecule has 1 unspecified atom stereocenters. The Balaban J connectivity index is 1.75. The predicted molar refractivity (Wildman–Crippen MR) is 82.0 cm³/mol. The second kappa shape index (κ2) is 7.46. The summed E-state index contributed by atoms with van der Waals surface area (Å²) in [6, 6.07) is 9.16. The molecule has 0 fully saturated rings. The molecule has 4 N–H and O–H groups in total. The van der Waals surface area contributed by atoms with Crippen LogP contribution in [0.1, 0.15) is 33.5 Å². The van der Waals surface area contributed by atoms with Crippen molar-refractivity contribution in [3.8, 4) is 0 Å². The Morgan fingerprint density at radius 3 is 2.39 bits per heavy atom. The van der Waals surface area contributed by atoms with E-state index in [1.54, 1.807) is 31.2 Å². The number of urea groups is 1. The summed E-state index contributed by atoms with van der Waals surface area (Å²) in [4.78, 5) is 22.4. The van der Waals surface area contributed by atoms with Gasteiger partial charge in [0.15, 0.2) is 0 Å². The van der Waals surface area contributed by atoms with Gasteiger partial charge >= 0.3 is 12.0 Å². The van der Waals surface area contributed by atoms with Crippen molar-refractivity contribution in [2.75, 3.05) is 6.54 Å². The lowest BCUT2D eigenvalue weighted by atomic mass is 10.1. The van der Waals surface area contributed by atoms with Crippen molar-refractivity contribution in [1.29, 1.82) is 0 Å². The summed E-state index contributed by atoms with van der Waals surface area (Å²) < 4.78 is 5.27. The maximum atomic E-state index is 11.7. The lowest BCUT2D eigenvalue weighted by molar-refractivity contribution is 0.0697. The lowest BCUT2D eigenvalue weighted by Crippen LogP contribution is -2.37. The zero-order chi connectivity index (χ0) is 16.8. The molecule has 23 heavy (non-hydrogen) atoms. The molecule has 2 amide bonds. The van der Waals surface area contributed by atoms with Gasteiger partial charge in [0, 0.05) is 6.54 Å². The van der Waals surface area contributed by atoms with E-state index in [-0.39, 0.29) is 18.7 Å². The Hall–Kier alpha value is -2.80. The molecule has 1 heterocycles. The van der Waals surface area contributed by atoms with Crippen LogP contribution in [0.5, 0.6) is 0 Å². The molecular weight excluding hydrogens is 300 g/mol. The fourth-order valence-electron chi connectivity index (χ4n) is 1.93. The molecule has 0 saturated heterocycles. The van der Waals surface area contributed by atoms with Crippen LogP contribution in [0.4, 0.5) is 4.79 Å². The number of carboxylic acids is 1.